The molecule has 0 bridgehead atoms. The van der Waals surface area contributed by atoms with E-state index < -0.39 is 10.1 Å². The van der Waals surface area contributed by atoms with Crippen LogP contribution >= 0.6 is 0 Å². The van der Waals surface area contributed by atoms with Gasteiger partial charge in [-0.2, -0.15) is 8.42 Å². The molecule has 1 heterocycles. The van der Waals surface area contributed by atoms with Crippen molar-refractivity contribution in [2.45, 2.75) is 39.0 Å². The van der Waals surface area contributed by atoms with Crippen molar-refractivity contribution in [3.63, 3.8) is 0 Å². The van der Waals surface area contributed by atoms with Crippen LogP contribution in [0.2, 0.25) is 0 Å². The predicted molar refractivity (Wildman–Crippen MR) is 86.2 cm³/mol. The lowest BCUT2D eigenvalue weighted by molar-refractivity contribution is 0.480. The second kappa shape index (κ2) is 5.81. The number of benzene rings is 1. The van der Waals surface area contributed by atoms with Crippen LogP contribution < -0.4 is 4.90 Å². The minimum absolute atomic E-state index is 0.0333. The molecule has 0 aliphatic carbocycles. The average molecular weight is 309 g/mol. The molecular formula is C16H23NO3S. The summed E-state index contributed by atoms with van der Waals surface area (Å²) in [6.45, 7) is 7.21. The highest BCUT2D eigenvalue weighted by Crippen LogP contribution is 2.47. The Labute approximate surface area is 127 Å². The maximum Gasteiger partial charge on any atom is 0.264 e. The summed E-state index contributed by atoms with van der Waals surface area (Å²) in [5.41, 5.74) is 3.71. The Bertz CT molecular complexity index is 647. The van der Waals surface area contributed by atoms with Crippen LogP contribution in [-0.2, 0) is 15.5 Å². The van der Waals surface area contributed by atoms with Crippen molar-refractivity contribution < 1.29 is 13.0 Å². The maximum absolute atomic E-state index is 10.8. The highest BCUT2D eigenvalue weighted by atomic mass is 32.2. The van der Waals surface area contributed by atoms with Crippen LogP contribution in [0.15, 0.2) is 36.0 Å². The molecule has 0 amide bonds. The van der Waals surface area contributed by atoms with Gasteiger partial charge in [0.25, 0.3) is 10.1 Å². The van der Waals surface area contributed by atoms with Gasteiger partial charge in [-0.25, -0.2) is 0 Å². The molecule has 0 aromatic heterocycles. The van der Waals surface area contributed by atoms with E-state index >= 15 is 0 Å². The van der Waals surface area contributed by atoms with Gasteiger partial charge >= 0.3 is 0 Å². The Balaban J connectivity index is 2.16. The van der Waals surface area contributed by atoms with E-state index in [1.807, 2.05) is 13.0 Å². The fourth-order valence-electron chi connectivity index (χ4n) is 3.15. The highest BCUT2D eigenvalue weighted by Gasteiger charge is 2.38. The van der Waals surface area contributed by atoms with Crippen LogP contribution in [0.3, 0.4) is 0 Å². The summed E-state index contributed by atoms with van der Waals surface area (Å²) < 4.78 is 30.4. The second-order valence-electron chi connectivity index (χ2n) is 5.96. The molecule has 2 rings (SSSR count). The normalized spacial score (nSPS) is 19.0. The van der Waals surface area contributed by atoms with Crippen molar-refractivity contribution in [3.05, 3.63) is 41.6 Å². The van der Waals surface area contributed by atoms with Gasteiger partial charge in [0, 0.05) is 23.3 Å². The van der Waals surface area contributed by atoms with E-state index in [-0.39, 0.29) is 11.2 Å². The first-order valence-electron chi connectivity index (χ1n) is 7.26. The molecule has 1 N–H and O–H groups in total. The van der Waals surface area contributed by atoms with E-state index in [4.69, 9.17) is 4.55 Å². The third-order valence-corrected chi connectivity index (χ3v) is 4.91. The molecular weight excluding hydrogens is 286 g/mol. The molecule has 1 aromatic rings. The van der Waals surface area contributed by atoms with Crippen molar-refractivity contribution in [1.29, 1.82) is 0 Å². The summed E-state index contributed by atoms with van der Waals surface area (Å²) in [7, 11) is -3.86. The van der Waals surface area contributed by atoms with Crippen LogP contribution in [0, 0.1) is 0 Å². The number of unbranched alkanes of at least 4 members (excludes halogenated alkanes) is 1. The first kappa shape index (κ1) is 16.0. The summed E-state index contributed by atoms with van der Waals surface area (Å²) in [6, 6.07) is 8.34. The molecule has 21 heavy (non-hydrogen) atoms. The van der Waals surface area contributed by atoms with E-state index in [0.717, 1.165) is 13.0 Å². The highest BCUT2D eigenvalue weighted by molar-refractivity contribution is 7.85. The monoisotopic (exact) mass is 309 g/mol. The molecule has 0 spiro atoms. The Morgan fingerprint density at radius 2 is 1.90 bits per heavy atom. The lowest BCUT2D eigenvalue weighted by atomic mass is 9.84. The van der Waals surface area contributed by atoms with Gasteiger partial charge in [0.1, 0.15) is 0 Å². The van der Waals surface area contributed by atoms with Crippen LogP contribution in [-0.4, -0.2) is 25.3 Å². The average Bonchev–Trinajstić information content (AvgIpc) is 2.62. The molecule has 0 saturated heterocycles. The lowest BCUT2D eigenvalue weighted by Gasteiger charge is -2.27. The van der Waals surface area contributed by atoms with Gasteiger partial charge in [0.05, 0.1) is 5.75 Å². The molecule has 0 unspecified atom stereocenters. The number of nitrogens with zero attached hydrogens (tertiary/aromatic N) is 1. The van der Waals surface area contributed by atoms with Crippen molar-refractivity contribution in [2.75, 3.05) is 17.2 Å². The number of anilines is 1. The zero-order valence-corrected chi connectivity index (χ0v) is 13.7. The van der Waals surface area contributed by atoms with Crippen LogP contribution in [0.5, 0.6) is 0 Å². The number of fused-ring (bicyclic) bond motifs is 1. The van der Waals surface area contributed by atoms with Gasteiger partial charge < -0.3 is 4.90 Å². The molecule has 0 atom stereocenters. The van der Waals surface area contributed by atoms with Crippen LogP contribution in [0.4, 0.5) is 5.69 Å². The molecule has 5 heteroatoms. The molecule has 1 aromatic carbocycles. The summed E-state index contributed by atoms with van der Waals surface area (Å²) in [6.07, 6.45) is 3.32. The third-order valence-electron chi connectivity index (χ3n) is 4.11. The molecule has 1 aliphatic rings. The van der Waals surface area contributed by atoms with E-state index in [9.17, 15) is 8.42 Å². The number of rotatable bonds is 5. The van der Waals surface area contributed by atoms with Gasteiger partial charge in [-0.3, -0.25) is 4.55 Å². The smallest absolute Gasteiger partial charge is 0.264 e. The topological polar surface area (TPSA) is 57.6 Å². The predicted octanol–water partition coefficient (Wildman–Crippen LogP) is 3.36. The van der Waals surface area contributed by atoms with Crippen LogP contribution in [0.25, 0.3) is 0 Å². The second-order valence-corrected chi connectivity index (χ2v) is 7.53. The number of hydrogen-bond acceptors (Lipinski definition) is 3. The lowest BCUT2D eigenvalue weighted by Crippen LogP contribution is -2.27. The summed E-state index contributed by atoms with van der Waals surface area (Å²) in [5, 5.41) is 0. The van der Waals surface area contributed by atoms with E-state index in [2.05, 4.69) is 43.0 Å². The molecule has 0 saturated carbocycles. The number of para-hydroxylation sites is 1. The summed E-state index contributed by atoms with van der Waals surface area (Å²) in [5.74, 6) is -0.170. The standard InChI is InChI=1S/C16H23NO3S/c1-4-15-16(2,3)13-9-5-6-10-14(13)17(15)11-7-8-12-21(18,19)20/h4-6,9-10H,7-8,11-12H2,1-3H3,(H,18,19,20)/b15-4-. The molecule has 4 nitrogen and oxygen atoms in total. The first-order valence-corrected chi connectivity index (χ1v) is 8.87. The van der Waals surface area contributed by atoms with Gasteiger partial charge in [0.15, 0.2) is 0 Å². The van der Waals surface area contributed by atoms with E-state index in [1.54, 1.807) is 0 Å². The molecule has 0 fully saturated rings. The quantitative estimate of drug-likeness (QED) is 0.669. The van der Waals surface area contributed by atoms with Crippen molar-refractivity contribution in [3.8, 4) is 0 Å². The van der Waals surface area contributed by atoms with Crippen molar-refractivity contribution >= 4 is 15.8 Å². The van der Waals surface area contributed by atoms with Gasteiger partial charge in [-0.05, 0) is 31.4 Å². The molecule has 1 aliphatic heterocycles. The van der Waals surface area contributed by atoms with E-state index in [1.165, 1.54) is 16.9 Å². The number of hydrogen-bond donors (Lipinski definition) is 1. The SMILES string of the molecule is C/C=C1\N(CCCCS(=O)(=O)O)c2ccccc2C1(C)C. The Morgan fingerprint density at radius 3 is 2.52 bits per heavy atom. The number of allylic oxidation sites excluding steroid dienone is 2. The minimum atomic E-state index is -3.86. The van der Waals surface area contributed by atoms with Gasteiger partial charge in [-0.1, -0.05) is 38.1 Å². The summed E-state index contributed by atoms with van der Waals surface area (Å²) in [4.78, 5) is 2.26. The van der Waals surface area contributed by atoms with Crippen LogP contribution in [0.1, 0.15) is 39.2 Å². The van der Waals surface area contributed by atoms with Crippen molar-refractivity contribution in [2.24, 2.45) is 0 Å². The molecule has 0 radical (unpaired) electrons. The van der Waals surface area contributed by atoms with E-state index in [0.29, 0.717) is 6.42 Å². The fraction of sp³-hybridized carbons (Fsp3) is 0.500. The maximum atomic E-state index is 10.8. The fourth-order valence-corrected chi connectivity index (χ4v) is 3.72. The minimum Gasteiger partial charge on any atom is -0.344 e. The zero-order chi connectivity index (χ0) is 15.7. The third kappa shape index (κ3) is 3.30. The first-order chi connectivity index (χ1) is 9.77. The zero-order valence-electron chi connectivity index (χ0n) is 12.8. The Kier molecular flexibility index (Phi) is 4.44. The Morgan fingerprint density at radius 1 is 1.24 bits per heavy atom. The summed E-state index contributed by atoms with van der Waals surface area (Å²) >= 11 is 0. The van der Waals surface area contributed by atoms with Gasteiger partial charge in [-0.15, -0.1) is 0 Å². The Hall–Kier alpha value is -1.33. The van der Waals surface area contributed by atoms with Gasteiger partial charge in [0.2, 0.25) is 0 Å². The molecule has 116 valence electrons. The van der Waals surface area contributed by atoms with Crippen molar-refractivity contribution in [1.82, 2.24) is 0 Å². The largest absolute Gasteiger partial charge is 0.344 e.